The molecule has 2 aromatic carbocycles. The predicted octanol–water partition coefficient (Wildman–Crippen LogP) is 5.36. The van der Waals surface area contributed by atoms with E-state index in [1.54, 1.807) is 0 Å². The Bertz CT molecular complexity index is 906. The summed E-state index contributed by atoms with van der Waals surface area (Å²) >= 11 is 0. The van der Waals surface area contributed by atoms with Crippen LogP contribution in [0.5, 0.6) is 5.75 Å². The van der Waals surface area contributed by atoms with Crippen molar-refractivity contribution >= 4 is 16.7 Å². The average molecular weight is 346 g/mol. The number of pyridine rings is 1. The Kier molecular flexibility index (Phi) is 4.79. The molecule has 1 aromatic heterocycles. The Labute approximate surface area is 155 Å². The number of piperidine rings is 1. The number of nitrogens with zero attached hydrogens (tertiary/aromatic N) is 2. The molecule has 1 aliphatic rings. The molecule has 0 amide bonds. The summed E-state index contributed by atoms with van der Waals surface area (Å²) in [5, 5.41) is 1.13. The Balaban J connectivity index is 1.62. The summed E-state index contributed by atoms with van der Waals surface area (Å²) < 4.78 is 6.17. The zero-order chi connectivity index (χ0) is 17.9. The number of hydrogen-bond donors (Lipinski definition) is 0. The summed E-state index contributed by atoms with van der Waals surface area (Å²) in [6, 6.07) is 18.8. The van der Waals surface area contributed by atoms with Crippen molar-refractivity contribution in [2.75, 3.05) is 18.0 Å². The van der Waals surface area contributed by atoms with Crippen LogP contribution in [0.2, 0.25) is 0 Å². The van der Waals surface area contributed by atoms with Crippen LogP contribution in [0.4, 0.5) is 5.82 Å². The van der Waals surface area contributed by atoms with Gasteiger partial charge >= 0.3 is 0 Å². The first-order valence-corrected chi connectivity index (χ1v) is 9.53. The molecular formula is C23H26N2O. The number of rotatable bonds is 4. The second kappa shape index (κ2) is 7.36. The smallest absolute Gasteiger partial charge is 0.146 e. The number of hydrogen-bond acceptors (Lipinski definition) is 3. The van der Waals surface area contributed by atoms with Crippen LogP contribution >= 0.6 is 0 Å². The minimum absolute atomic E-state index is 0.568. The maximum atomic E-state index is 6.17. The van der Waals surface area contributed by atoms with Gasteiger partial charge in [0.2, 0.25) is 0 Å². The van der Waals surface area contributed by atoms with Crippen molar-refractivity contribution in [3.8, 4) is 5.75 Å². The fourth-order valence-electron chi connectivity index (χ4n) is 3.73. The van der Waals surface area contributed by atoms with Gasteiger partial charge in [-0.1, -0.05) is 43.3 Å². The van der Waals surface area contributed by atoms with E-state index >= 15 is 0 Å². The van der Waals surface area contributed by atoms with E-state index < -0.39 is 0 Å². The van der Waals surface area contributed by atoms with Gasteiger partial charge in [-0.2, -0.15) is 0 Å². The molecule has 0 radical (unpaired) electrons. The maximum absolute atomic E-state index is 6.17. The van der Waals surface area contributed by atoms with Gasteiger partial charge in [0.25, 0.3) is 0 Å². The third-order valence-corrected chi connectivity index (χ3v) is 5.29. The molecule has 0 unspecified atom stereocenters. The molecule has 26 heavy (non-hydrogen) atoms. The highest BCUT2D eigenvalue weighted by Gasteiger charge is 2.18. The summed E-state index contributed by atoms with van der Waals surface area (Å²) in [5.74, 6) is 2.66. The zero-order valence-corrected chi connectivity index (χ0v) is 15.6. The molecule has 4 rings (SSSR count). The van der Waals surface area contributed by atoms with E-state index in [1.165, 1.54) is 24.0 Å². The minimum Gasteiger partial charge on any atom is -0.487 e. The molecule has 3 heteroatoms. The first-order chi connectivity index (χ1) is 12.7. The fraction of sp³-hybridized carbons (Fsp3) is 0.348. The standard InChI is InChI=1S/C23H26N2O/c1-17-7-6-14-25(15-17)22-13-12-19-10-5-11-21(23(19)24-22)26-16-20-9-4-3-8-18(20)2/h3-5,8-13,17H,6-7,14-16H2,1-2H3/t17-/m0/s1. The number of para-hydroxylation sites is 1. The number of anilines is 1. The zero-order valence-electron chi connectivity index (χ0n) is 15.6. The lowest BCUT2D eigenvalue weighted by molar-refractivity contribution is 0.308. The van der Waals surface area contributed by atoms with Crippen molar-refractivity contribution in [2.24, 2.45) is 5.92 Å². The van der Waals surface area contributed by atoms with Gasteiger partial charge < -0.3 is 9.64 Å². The molecule has 1 fully saturated rings. The van der Waals surface area contributed by atoms with E-state index in [0.29, 0.717) is 6.61 Å². The highest BCUT2D eigenvalue weighted by atomic mass is 16.5. The van der Waals surface area contributed by atoms with E-state index in [9.17, 15) is 0 Å². The van der Waals surface area contributed by atoms with Crippen molar-refractivity contribution in [1.29, 1.82) is 0 Å². The first-order valence-electron chi connectivity index (χ1n) is 9.53. The lowest BCUT2D eigenvalue weighted by Gasteiger charge is -2.32. The summed E-state index contributed by atoms with van der Waals surface area (Å²) in [6.45, 7) is 7.19. The number of fused-ring (bicyclic) bond motifs is 1. The summed E-state index contributed by atoms with van der Waals surface area (Å²) in [6.07, 6.45) is 2.56. The summed E-state index contributed by atoms with van der Waals surface area (Å²) in [4.78, 5) is 7.38. The molecule has 0 spiro atoms. The second-order valence-electron chi connectivity index (χ2n) is 7.41. The molecule has 3 nitrogen and oxygen atoms in total. The van der Waals surface area contributed by atoms with Crippen LogP contribution in [0.1, 0.15) is 30.9 Å². The van der Waals surface area contributed by atoms with E-state index in [2.05, 4.69) is 61.2 Å². The van der Waals surface area contributed by atoms with Crippen molar-refractivity contribution in [3.63, 3.8) is 0 Å². The highest BCUT2D eigenvalue weighted by molar-refractivity contribution is 5.86. The van der Waals surface area contributed by atoms with Crippen LogP contribution in [0.3, 0.4) is 0 Å². The number of ether oxygens (including phenoxy) is 1. The molecule has 1 saturated heterocycles. The van der Waals surface area contributed by atoms with Gasteiger partial charge in [0, 0.05) is 18.5 Å². The molecule has 2 heterocycles. The third-order valence-electron chi connectivity index (χ3n) is 5.29. The van der Waals surface area contributed by atoms with Crippen LogP contribution < -0.4 is 9.64 Å². The van der Waals surface area contributed by atoms with Crippen LogP contribution in [-0.2, 0) is 6.61 Å². The van der Waals surface area contributed by atoms with Gasteiger partial charge in [0.15, 0.2) is 0 Å². The van der Waals surface area contributed by atoms with Crippen molar-refractivity contribution < 1.29 is 4.74 Å². The van der Waals surface area contributed by atoms with Crippen LogP contribution in [0.15, 0.2) is 54.6 Å². The van der Waals surface area contributed by atoms with E-state index in [0.717, 1.165) is 41.5 Å². The summed E-state index contributed by atoms with van der Waals surface area (Å²) in [5.41, 5.74) is 3.42. The molecule has 0 N–H and O–H groups in total. The van der Waals surface area contributed by atoms with Gasteiger partial charge in [-0.25, -0.2) is 4.98 Å². The molecule has 0 saturated carbocycles. The molecule has 0 bridgehead atoms. The number of aromatic nitrogens is 1. The van der Waals surface area contributed by atoms with Crippen LogP contribution in [-0.4, -0.2) is 18.1 Å². The average Bonchev–Trinajstić information content (AvgIpc) is 2.67. The Hall–Kier alpha value is -2.55. The molecule has 3 aromatic rings. The molecule has 1 aliphatic heterocycles. The molecule has 1 atom stereocenters. The highest BCUT2D eigenvalue weighted by Crippen LogP contribution is 2.29. The topological polar surface area (TPSA) is 25.4 Å². The van der Waals surface area contributed by atoms with Gasteiger partial charge in [0.1, 0.15) is 23.7 Å². The quantitative estimate of drug-likeness (QED) is 0.636. The van der Waals surface area contributed by atoms with Crippen LogP contribution in [0.25, 0.3) is 10.9 Å². The summed E-state index contributed by atoms with van der Waals surface area (Å²) in [7, 11) is 0. The molecular weight excluding hydrogens is 320 g/mol. The normalized spacial score (nSPS) is 17.5. The maximum Gasteiger partial charge on any atom is 0.146 e. The largest absolute Gasteiger partial charge is 0.487 e. The van der Waals surface area contributed by atoms with Gasteiger partial charge in [-0.15, -0.1) is 0 Å². The third kappa shape index (κ3) is 3.52. The SMILES string of the molecule is Cc1ccccc1COc1cccc2ccc(N3CCC[C@H](C)C3)nc12. The minimum atomic E-state index is 0.568. The monoisotopic (exact) mass is 346 g/mol. The van der Waals surface area contributed by atoms with E-state index in [4.69, 9.17) is 9.72 Å². The van der Waals surface area contributed by atoms with E-state index in [1.807, 2.05) is 12.1 Å². The Morgan fingerprint density at radius 1 is 1.08 bits per heavy atom. The number of aryl methyl sites for hydroxylation is 1. The van der Waals surface area contributed by atoms with Crippen LogP contribution in [0, 0.1) is 12.8 Å². The van der Waals surface area contributed by atoms with Crippen molar-refractivity contribution in [1.82, 2.24) is 4.98 Å². The Morgan fingerprint density at radius 2 is 1.96 bits per heavy atom. The van der Waals surface area contributed by atoms with Crippen molar-refractivity contribution in [3.05, 3.63) is 65.7 Å². The van der Waals surface area contributed by atoms with Gasteiger partial charge in [-0.3, -0.25) is 0 Å². The Morgan fingerprint density at radius 3 is 2.81 bits per heavy atom. The predicted molar refractivity (Wildman–Crippen MR) is 108 cm³/mol. The second-order valence-corrected chi connectivity index (χ2v) is 7.41. The van der Waals surface area contributed by atoms with Gasteiger partial charge in [0.05, 0.1) is 0 Å². The molecule has 134 valence electrons. The lowest BCUT2D eigenvalue weighted by Crippen LogP contribution is -2.34. The number of benzene rings is 2. The van der Waals surface area contributed by atoms with E-state index in [-0.39, 0.29) is 0 Å². The fourth-order valence-corrected chi connectivity index (χ4v) is 3.73. The first kappa shape index (κ1) is 16.9. The van der Waals surface area contributed by atoms with Crippen molar-refractivity contribution in [2.45, 2.75) is 33.3 Å². The van der Waals surface area contributed by atoms with Gasteiger partial charge in [-0.05, 0) is 55.0 Å². The molecule has 0 aliphatic carbocycles. The lowest BCUT2D eigenvalue weighted by atomic mass is 10.0.